The summed E-state index contributed by atoms with van der Waals surface area (Å²) >= 11 is 4.48. The maximum atomic E-state index is 13.0. The predicted molar refractivity (Wildman–Crippen MR) is 111 cm³/mol. The zero-order valence-corrected chi connectivity index (χ0v) is 17.7. The van der Waals surface area contributed by atoms with Gasteiger partial charge in [0.25, 0.3) is 10.0 Å². The number of nitrogens with zero attached hydrogens (tertiary/aromatic N) is 2. The van der Waals surface area contributed by atoms with Crippen LogP contribution in [0.1, 0.15) is 16.6 Å². The van der Waals surface area contributed by atoms with Gasteiger partial charge in [-0.05, 0) is 40.2 Å². The number of thiophene rings is 1. The summed E-state index contributed by atoms with van der Waals surface area (Å²) in [7, 11) is -3.81. The lowest BCUT2D eigenvalue weighted by Gasteiger charge is -2.07. The Kier molecular flexibility index (Phi) is 4.60. The van der Waals surface area contributed by atoms with Crippen molar-refractivity contribution < 1.29 is 18.3 Å². The van der Waals surface area contributed by atoms with Crippen molar-refractivity contribution in [2.24, 2.45) is 0 Å². The van der Waals surface area contributed by atoms with E-state index in [-0.39, 0.29) is 27.0 Å². The maximum Gasteiger partial charge on any atom is 0.269 e. The maximum absolute atomic E-state index is 13.0. The number of pyridine rings is 1. The summed E-state index contributed by atoms with van der Waals surface area (Å²) in [6.45, 7) is 1.38. The van der Waals surface area contributed by atoms with E-state index < -0.39 is 10.0 Å². The van der Waals surface area contributed by atoms with Gasteiger partial charge in [0.15, 0.2) is 17.2 Å². The largest absolute Gasteiger partial charge is 0.505 e. The molecule has 1 N–H and O–H groups in total. The molecule has 142 valence electrons. The number of Topliss-reactive ketones (excluding diaryl/α,β-unsaturated/α-hetero) is 1. The van der Waals surface area contributed by atoms with Crippen LogP contribution in [0.25, 0.3) is 21.5 Å². The highest BCUT2D eigenvalue weighted by Gasteiger charge is 2.24. The van der Waals surface area contributed by atoms with Crippen molar-refractivity contribution in [1.82, 2.24) is 8.96 Å². The van der Waals surface area contributed by atoms with Gasteiger partial charge in [0, 0.05) is 30.3 Å². The van der Waals surface area contributed by atoms with Crippen molar-refractivity contribution in [3.63, 3.8) is 0 Å². The minimum absolute atomic E-state index is 0.117. The molecule has 0 radical (unpaired) electrons. The number of aromatic nitrogens is 2. The summed E-state index contributed by atoms with van der Waals surface area (Å²) < 4.78 is 27.5. The number of hydrogen-bond donors (Lipinski definition) is 1. The van der Waals surface area contributed by atoms with Gasteiger partial charge < -0.3 is 5.11 Å². The molecule has 3 heterocycles. The summed E-state index contributed by atoms with van der Waals surface area (Å²) in [6, 6.07) is 11.5. The lowest BCUT2D eigenvalue weighted by Crippen LogP contribution is -2.12. The molecule has 0 saturated carbocycles. The van der Waals surface area contributed by atoms with E-state index in [4.69, 9.17) is 0 Å². The number of fused-ring (bicyclic) bond motifs is 1. The quantitative estimate of drug-likeness (QED) is 0.432. The molecule has 0 aliphatic heterocycles. The second-order valence-electron chi connectivity index (χ2n) is 6.00. The van der Waals surface area contributed by atoms with E-state index in [1.54, 1.807) is 30.3 Å². The number of halogens is 1. The van der Waals surface area contributed by atoms with E-state index >= 15 is 0 Å². The van der Waals surface area contributed by atoms with Crippen LogP contribution in [0.2, 0.25) is 0 Å². The molecule has 0 fully saturated rings. The van der Waals surface area contributed by atoms with Crippen LogP contribution in [0.5, 0.6) is 5.75 Å². The van der Waals surface area contributed by atoms with Gasteiger partial charge in [-0.1, -0.05) is 18.2 Å². The number of aromatic hydroxyl groups is 1. The van der Waals surface area contributed by atoms with Crippen LogP contribution in [0.3, 0.4) is 0 Å². The van der Waals surface area contributed by atoms with E-state index in [1.165, 1.54) is 31.5 Å². The number of carbonyl (C=O) groups is 1. The Morgan fingerprint density at radius 3 is 2.54 bits per heavy atom. The Balaban J connectivity index is 1.94. The van der Waals surface area contributed by atoms with Crippen molar-refractivity contribution >= 4 is 54.1 Å². The minimum atomic E-state index is -3.81. The summed E-state index contributed by atoms with van der Waals surface area (Å²) in [6.07, 6.45) is 2.96. The Morgan fingerprint density at radius 2 is 1.89 bits per heavy atom. The Morgan fingerprint density at radius 1 is 1.18 bits per heavy atom. The molecule has 0 unspecified atom stereocenters. The minimum Gasteiger partial charge on any atom is -0.505 e. The monoisotopic (exact) mass is 476 g/mol. The van der Waals surface area contributed by atoms with Gasteiger partial charge in [0.1, 0.15) is 4.88 Å². The van der Waals surface area contributed by atoms with Crippen molar-refractivity contribution in [3.8, 4) is 16.2 Å². The Bertz CT molecular complexity index is 1320. The predicted octanol–water partition coefficient (Wildman–Crippen LogP) is 4.67. The van der Waals surface area contributed by atoms with E-state index in [0.29, 0.717) is 20.3 Å². The second-order valence-corrected chi connectivity index (χ2v) is 9.63. The third-order valence-electron chi connectivity index (χ3n) is 4.25. The van der Waals surface area contributed by atoms with Crippen molar-refractivity contribution in [2.45, 2.75) is 11.8 Å². The Labute approximate surface area is 173 Å². The van der Waals surface area contributed by atoms with Crippen LogP contribution in [0, 0.1) is 0 Å². The highest BCUT2D eigenvalue weighted by atomic mass is 79.9. The van der Waals surface area contributed by atoms with Crippen LogP contribution >= 0.6 is 27.3 Å². The summed E-state index contributed by atoms with van der Waals surface area (Å²) in [5.41, 5.74) is 0.942. The summed E-state index contributed by atoms with van der Waals surface area (Å²) in [5.74, 6) is -0.363. The molecular weight excluding hydrogens is 464 g/mol. The highest BCUT2D eigenvalue weighted by molar-refractivity contribution is 9.10. The lowest BCUT2D eigenvalue weighted by atomic mass is 10.1. The molecule has 0 aliphatic carbocycles. The van der Waals surface area contributed by atoms with Crippen LogP contribution in [0.4, 0.5) is 0 Å². The van der Waals surface area contributed by atoms with E-state index in [1.807, 2.05) is 0 Å². The lowest BCUT2D eigenvalue weighted by molar-refractivity contribution is 0.101. The van der Waals surface area contributed by atoms with Crippen molar-refractivity contribution in [2.75, 3.05) is 0 Å². The van der Waals surface area contributed by atoms with E-state index in [2.05, 4.69) is 20.9 Å². The number of carbonyl (C=O) groups excluding carboxylic acids is 1. The van der Waals surface area contributed by atoms with Gasteiger partial charge >= 0.3 is 0 Å². The fourth-order valence-corrected chi connectivity index (χ4v) is 6.06. The molecule has 4 aromatic rings. The SMILES string of the molecule is CC(=O)c1sc(-c2ccnc3c2ccn3S(=O)(=O)c2ccccc2)c(Br)c1O. The molecule has 0 bridgehead atoms. The fraction of sp³-hybridized carbons (Fsp3) is 0.0526. The Hall–Kier alpha value is -2.49. The summed E-state index contributed by atoms with van der Waals surface area (Å²) in [4.78, 5) is 17.0. The third-order valence-corrected chi connectivity index (χ3v) is 8.27. The zero-order chi connectivity index (χ0) is 20.1. The molecular formula is C19H13BrN2O4S2. The number of rotatable bonds is 4. The first-order valence-electron chi connectivity index (χ1n) is 8.11. The average molecular weight is 477 g/mol. The standard InChI is InChI=1S/C19H13BrN2O4S2/c1-11(23)17-16(24)15(20)18(27-17)13-7-9-21-19-14(13)8-10-22(19)28(25,26)12-5-3-2-4-6-12/h2-10,24H,1H3. The number of hydrogen-bond acceptors (Lipinski definition) is 6. The molecule has 6 nitrogen and oxygen atoms in total. The first kappa shape index (κ1) is 18.9. The van der Waals surface area contributed by atoms with Gasteiger partial charge in [-0.25, -0.2) is 17.4 Å². The molecule has 0 aliphatic rings. The number of ketones is 1. The average Bonchev–Trinajstić information content (AvgIpc) is 3.25. The molecule has 0 amide bonds. The van der Waals surface area contributed by atoms with E-state index in [0.717, 1.165) is 15.3 Å². The molecule has 0 spiro atoms. The van der Waals surface area contributed by atoms with Gasteiger partial charge in [-0.15, -0.1) is 11.3 Å². The molecule has 28 heavy (non-hydrogen) atoms. The molecule has 9 heteroatoms. The molecule has 0 saturated heterocycles. The first-order chi connectivity index (χ1) is 13.3. The van der Waals surface area contributed by atoms with Crippen LogP contribution in [-0.4, -0.2) is 28.3 Å². The third kappa shape index (κ3) is 2.86. The summed E-state index contributed by atoms with van der Waals surface area (Å²) in [5, 5.41) is 10.8. The second kappa shape index (κ2) is 6.84. The van der Waals surface area contributed by atoms with E-state index in [9.17, 15) is 18.3 Å². The van der Waals surface area contributed by atoms with Gasteiger partial charge in [-0.2, -0.15) is 0 Å². The molecule has 4 rings (SSSR count). The van der Waals surface area contributed by atoms with Gasteiger partial charge in [0.05, 0.1) is 14.2 Å². The molecule has 0 atom stereocenters. The zero-order valence-electron chi connectivity index (χ0n) is 14.5. The van der Waals surface area contributed by atoms with Crippen LogP contribution in [0.15, 0.2) is 64.2 Å². The highest BCUT2D eigenvalue weighted by Crippen LogP contribution is 2.46. The normalized spacial score (nSPS) is 11.8. The number of benzene rings is 1. The van der Waals surface area contributed by atoms with Crippen LogP contribution < -0.4 is 0 Å². The fourth-order valence-electron chi connectivity index (χ4n) is 2.93. The van der Waals surface area contributed by atoms with Crippen LogP contribution in [-0.2, 0) is 10.0 Å². The first-order valence-corrected chi connectivity index (χ1v) is 11.2. The van der Waals surface area contributed by atoms with Crippen molar-refractivity contribution in [1.29, 1.82) is 0 Å². The smallest absolute Gasteiger partial charge is 0.269 e. The molecule has 3 aromatic heterocycles. The van der Waals surface area contributed by atoms with Gasteiger partial charge in [-0.3, -0.25) is 4.79 Å². The molecule has 1 aromatic carbocycles. The topological polar surface area (TPSA) is 89.3 Å². The van der Waals surface area contributed by atoms with Gasteiger partial charge in [0.2, 0.25) is 0 Å². The van der Waals surface area contributed by atoms with Crippen molar-refractivity contribution in [3.05, 3.63) is 64.2 Å².